The maximum absolute atomic E-state index is 12.4. The first-order valence-corrected chi connectivity index (χ1v) is 30.9. The molecule has 0 fully saturated rings. The summed E-state index contributed by atoms with van der Waals surface area (Å²) in [6.07, 6.45) is 75.8. The fourth-order valence-electron chi connectivity index (χ4n) is 9.31. The summed E-state index contributed by atoms with van der Waals surface area (Å²) in [6.45, 7) is 4.88. The van der Waals surface area contributed by atoms with Crippen LogP contribution in [0.3, 0.4) is 0 Å². The quantitative estimate of drug-likeness (QED) is 0.0321. The predicted molar refractivity (Wildman–Crippen MR) is 306 cm³/mol. The van der Waals surface area contributed by atoms with Crippen molar-refractivity contribution in [3.63, 3.8) is 0 Å². The van der Waals surface area contributed by atoms with Crippen LogP contribution in [-0.4, -0.2) is 47.4 Å². The van der Waals surface area contributed by atoms with Crippen LogP contribution in [0.5, 0.6) is 0 Å². The first kappa shape index (κ1) is 67.8. The molecule has 410 valence electrons. The first-order valence-electron chi connectivity index (χ1n) is 30.9. The van der Waals surface area contributed by atoms with E-state index in [9.17, 15) is 19.8 Å². The van der Waals surface area contributed by atoms with Gasteiger partial charge in [-0.3, -0.25) is 9.59 Å². The number of carbonyl (C=O) groups excluding carboxylic acids is 2. The van der Waals surface area contributed by atoms with Crippen LogP contribution in [0.15, 0.2) is 48.6 Å². The molecule has 0 aromatic rings. The number of ether oxygens (including phenoxy) is 1. The van der Waals surface area contributed by atoms with Crippen molar-refractivity contribution in [3.05, 3.63) is 48.6 Å². The predicted octanol–water partition coefficient (Wildman–Crippen LogP) is 19.4. The van der Waals surface area contributed by atoms with Gasteiger partial charge in [0.25, 0.3) is 0 Å². The largest absolute Gasteiger partial charge is 0.466 e. The lowest BCUT2D eigenvalue weighted by molar-refractivity contribution is -0.143. The van der Waals surface area contributed by atoms with Gasteiger partial charge in [-0.1, -0.05) is 268 Å². The van der Waals surface area contributed by atoms with Crippen molar-refractivity contribution in [2.45, 2.75) is 334 Å². The van der Waals surface area contributed by atoms with E-state index in [-0.39, 0.29) is 18.5 Å². The van der Waals surface area contributed by atoms with Gasteiger partial charge in [0.2, 0.25) is 5.91 Å². The molecule has 2 unspecified atom stereocenters. The Bertz CT molecular complexity index is 1180. The summed E-state index contributed by atoms with van der Waals surface area (Å²) in [5.74, 6) is -0.0708. The van der Waals surface area contributed by atoms with Gasteiger partial charge in [0, 0.05) is 12.8 Å². The Kier molecular flexibility index (Phi) is 57.5. The number of aliphatic hydroxyl groups excluding tert-OH is 2. The Morgan fingerprint density at radius 2 is 0.714 bits per heavy atom. The molecule has 1 amide bonds. The molecule has 2 atom stereocenters. The molecular weight excluding hydrogens is 863 g/mol. The summed E-state index contributed by atoms with van der Waals surface area (Å²) >= 11 is 0. The van der Waals surface area contributed by atoms with E-state index in [1.54, 1.807) is 6.08 Å². The number of carbonyl (C=O) groups is 2. The number of esters is 1. The van der Waals surface area contributed by atoms with Gasteiger partial charge in [0.1, 0.15) is 0 Å². The fourth-order valence-corrected chi connectivity index (χ4v) is 9.31. The monoisotopic (exact) mass is 982 g/mol. The van der Waals surface area contributed by atoms with E-state index in [1.807, 2.05) is 6.08 Å². The molecule has 0 rings (SSSR count). The number of amides is 1. The fraction of sp³-hybridized carbons (Fsp3) is 0.844. The van der Waals surface area contributed by atoms with E-state index < -0.39 is 12.1 Å². The minimum Gasteiger partial charge on any atom is -0.466 e. The van der Waals surface area contributed by atoms with Gasteiger partial charge in [-0.05, 0) is 89.9 Å². The van der Waals surface area contributed by atoms with Crippen molar-refractivity contribution in [2.75, 3.05) is 13.2 Å². The smallest absolute Gasteiger partial charge is 0.305 e. The number of rotatable bonds is 57. The molecule has 70 heavy (non-hydrogen) atoms. The maximum atomic E-state index is 12.4. The molecule has 0 aliphatic rings. The highest BCUT2D eigenvalue weighted by atomic mass is 16.5. The zero-order valence-electron chi connectivity index (χ0n) is 46.7. The molecule has 0 bridgehead atoms. The number of unbranched alkanes of at least 4 members (excludes halogenated alkanes) is 40. The highest BCUT2D eigenvalue weighted by Gasteiger charge is 2.18. The topological polar surface area (TPSA) is 95.9 Å². The van der Waals surface area contributed by atoms with E-state index in [4.69, 9.17) is 4.74 Å². The van der Waals surface area contributed by atoms with Crippen LogP contribution >= 0.6 is 0 Å². The molecule has 0 aliphatic heterocycles. The van der Waals surface area contributed by atoms with Gasteiger partial charge in [-0.2, -0.15) is 0 Å². The zero-order valence-corrected chi connectivity index (χ0v) is 46.7. The second-order valence-electron chi connectivity index (χ2n) is 21.0. The molecule has 0 radical (unpaired) electrons. The molecule has 0 heterocycles. The number of nitrogens with one attached hydrogen (secondary N) is 1. The van der Waals surface area contributed by atoms with Crippen molar-refractivity contribution in [1.82, 2.24) is 5.32 Å². The van der Waals surface area contributed by atoms with Gasteiger partial charge in [0.05, 0.1) is 25.4 Å². The van der Waals surface area contributed by atoms with Crippen LogP contribution in [0, 0.1) is 0 Å². The number of hydrogen-bond donors (Lipinski definition) is 3. The summed E-state index contributed by atoms with van der Waals surface area (Å²) in [6, 6.07) is -0.632. The lowest BCUT2D eigenvalue weighted by Gasteiger charge is -2.20. The summed E-state index contributed by atoms with van der Waals surface area (Å²) in [7, 11) is 0. The highest BCUT2D eigenvalue weighted by Crippen LogP contribution is 2.16. The van der Waals surface area contributed by atoms with Gasteiger partial charge in [-0.15, -0.1) is 0 Å². The molecule has 6 heteroatoms. The van der Waals surface area contributed by atoms with E-state index in [2.05, 4.69) is 55.6 Å². The van der Waals surface area contributed by atoms with Crippen molar-refractivity contribution in [1.29, 1.82) is 0 Å². The minimum absolute atomic E-state index is 0.00482. The number of allylic oxidation sites excluding steroid dienone is 7. The standard InChI is InChI=1S/C64H119NO5/c1-3-5-7-9-11-13-15-16-17-27-31-34-38-42-46-50-54-58-64(69)70-59-55-51-47-43-39-35-32-29-26-24-22-20-18-19-21-23-25-28-30-33-37-41-45-49-53-57-63(68)65-61(60-66)62(67)56-52-48-44-40-36-14-12-10-8-6-4-2/h16-17,19-22,52,56,61-62,66-67H,3-15,18,23-51,53-55,57-60H2,1-2H3,(H,65,68)/b17-16-,21-19-,22-20-,56-52+. The summed E-state index contributed by atoms with van der Waals surface area (Å²) < 4.78 is 5.49. The maximum Gasteiger partial charge on any atom is 0.305 e. The lowest BCUT2D eigenvalue weighted by atomic mass is 10.0. The van der Waals surface area contributed by atoms with Gasteiger partial charge < -0.3 is 20.3 Å². The van der Waals surface area contributed by atoms with Crippen LogP contribution in [0.1, 0.15) is 322 Å². The molecule has 0 spiro atoms. The third-order valence-electron chi connectivity index (χ3n) is 14.1. The van der Waals surface area contributed by atoms with Crippen LogP contribution in [-0.2, 0) is 14.3 Å². The van der Waals surface area contributed by atoms with Crippen molar-refractivity contribution < 1.29 is 24.5 Å². The zero-order chi connectivity index (χ0) is 50.7. The van der Waals surface area contributed by atoms with Crippen LogP contribution < -0.4 is 5.32 Å². The molecule has 3 N–H and O–H groups in total. The van der Waals surface area contributed by atoms with Gasteiger partial charge in [-0.25, -0.2) is 0 Å². The summed E-state index contributed by atoms with van der Waals surface area (Å²) in [4.78, 5) is 24.5. The molecular formula is C64H119NO5. The third kappa shape index (κ3) is 55.1. The minimum atomic E-state index is -0.848. The van der Waals surface area contributed by atoms with Crippen LogP contribution in [0.2, 0.25) is 0 Å². The molecule has 6 nitrogen and oxygen atoms in total. The highest BCUT2D eigenvalue weighted by molar-refractivity contribution is 5.76. The molecule has 0 saturated carbocycles. The molecule has 0 aromatic heterocycles. The van der Waals surface area contributed by atoms with E-state index in [0.717, 1.165) is 51.4 Å². The summed E-state index contributed by atoms with van der Waals surface area (Å²) in [5.41, 5.74) is 0. The Labute approximate surface area is 436 Å². The van der Waals surface area contributed by atoms with Crippen molar-refractivity contribution in [3.8, 4) is 0 Å². The van der Waals surface area contributed by atoms with E-state index >= 15 is 0 Å². The second kappa shape index (κ2) is 59.4. The van der Waals surface area contributed by atoms with Crippen LogP contribution in [0.25, 0.3) is 0 Å². The molecule has 0 aromatic carbocycles. The van der Waals surface area contributed by atoms with E-state index in [0.29, 0.717) is 19.4 Å². The normalized spacial score (nSPS) is 12.9. The summed E-state index contributed by atoms with van der Waals surface area (Å²) in [5, 5.41) is 23.0. The Morgan fingerprint density at radius 3 is 1.10 bits per heavy atom. The third-order valence-corrected chi connectivity index (χ3v) is 14.1. The SMILES string of the molecule is CCCCCCCC/C=C\CCCCCCCCCC(=O)OCCCCCCCCCCC/C=C\C/C=C\CCCCCCCCCCCC(=O)NC(CO)C(O)/C=C/CCCCCCCCCCC. The first-order chi connectivity index (χ1) is 34.5. The second-order valence-corrected chi connectivity index (χ2v) is 21.0. The van der Waals surface area contributed by atoms with Gasteiger partial charge in [0.15, 0.2) is 0 Å². The van der Waals surface area contributed by atoms with Crippen LogP contribution in [0.4, 0.5) is 0 Å². The molecule has 0 saturated heterocycles. The number of aliphatic hydroxyl groups is 2. The number of hydrogen-bond acceptors (Lipinski definition) is 5. The average Bonchev–Trinajstić information content (AvgIpc) is 3.36. The Morgan fingerprint density at radius 1 is 0.400 bits per heavy atom. The van der Waals surface area contributed by atoms with E-state index in [1.165, 1.54) is 244 Å². The van der Waals surface area contributed by atoms with Crippen molar-refractivity contribution >= 4 is 11.9 Å². The Balaban J connectivity index is 3.43. The molecule has 0 aliphatic carbocycles. The average molecular weight is 983 g/mol. The van der Waals surface area contributed by atoms with Gasteiger partial charge >= 0.3 is 5.97 Å². The Hall–Kier alpha value is -2.18. The lowest BCUT2D eigenvalue weighted by Crippen LogP contribution is -2.45. The van der Waals surface area contributed by atoms with Crippen molar-refractivity contribution in [2.24, 2.45) is 0 Å².